The monoisotopic (exact) mass is 507 g/mol. The number of nitrogens with zero attached hydrogens (tertiary/aromatic N) is 4. The number of aryl methyl sites for hydroxylation is 1. The van der Waals surface area contributed by atoms with E-state index in [0.29, 0.717) is 31.0 Å². The molecule has 0 saturated carbocycles. The first-order valence-electron chi connectivity index (χ1n) is 13.8. The number of amides is 2. The molecule has 0 unspecified atom stereocenters. The first-order chi connectivity index (χ1) is 17.9. The maximum atomic E-state index is 13.0. The first kappa shape index (κ1) is 26.9. The summed E-state index contributed by atoms with van der Waals surface area (Å²) in [5.74, 6) is 2.51. The number of rotatable bonds is 4. The average Bonchev–Trinajstić information content (AvgIpc) is 2.93. The molecule has 1 aromatic carbocycles. The van der Waals surface area contributed by atoms with Crippen molar-refractivity contribution < 1.29 is 14.3 Å². The van der Waals surface area contributed by atoms with E-state index in [-0.39, 0.29) is 23.1 Å². The molecular formula is C29H41N5O3. The Hall–Kier alpha value is -3.16. The maximum Gasteiger partial charge on any atom is 0.255 e. The van der Waals surface area contributed by atoms with E-state index in [9.17, 15) is 9.59 Å². The van der Waals surface area contributed by atoms with Crippen molar-refractivity contribution in [2.24, 2.45) is 11.3 Å². The van der Waals surface area contributed by atoms with Gasteiger partial charge in [-0.1, -0.05) is 26.0 Å². The molecule has 2 aliphatic rings. The molecule has 1 fully saturated rings. The zero-order valence-electron chi connectivity index (χ0n) is 22.5. The number of hydrogen-bond acceptors (Lipinski definition) is 6. The molecule has 0 aliphatic carbocycles. The molecular weight excluding hydrogens is 466 g/mol. The van der Waals surface area contributed by atoms with Crippen LogP contribution in [-0.2, 0) is 4.79 Å². The van der Waals surface area contributed by atoms with Crippen molar-refractivity contribution in [3.8, 4) is 5.75 Å². The second-order valence-corrected chi connectivity index (χ2v) is 10.4. The molecule has 1 spiro atoms. The van der Waals surface area contributed by atoms with Crippen molar-refractivity contribution >= 4 is 17.6 Å². The summed E-state index contributed by atoms with van der Waals surface area (Å²) in [6, 6.07) is 9.41. The van der Waals surface area contributed by atoms with Crippen molar-refractivity contribution in [1.82, 2.24) is 20.2 Å². The number of benzene rings is 1. The Morgan fingerprint density at radius 2 is 1.84 bits per heavy atom. The average molecular weight is 508 g/mol. The number of aromatic nitrogens is 2. The molecule has 1 aromatic heterocycles. The minimum Gasteiger partial charge on any atom is -0.492 e. The lowest BCUT2D eigenvalue weighted by molar-refractivity contribution is -0.138. The van der Waals surface area contributed by atoms with E-state index in [0.717, 1.165) is 69.8 Å². The molecule has 3 heterocycles. The number of likely N-dealkylation sites (tertiary alicyclic amines) is 1. The van der Waals surface area contributed by atoms with Gasteiger partial charge < -0.3 is 19.9 Å². The van der Waals surface area contributed by atoms with Crippen LogP contribution in [-0.4, -0.2) is 66.0 Å². The van der Waals surface area contributed by atoms with Gasteiger partial charge in [-0.15, -0.1) is 0 Å². The summed E-state index contributed by atoms with van der Waals surface area (Å²) in [4.78, 5) is 39.2. The van der Waals surface area contributed by atoms with Crippen LogP contribution in [0.2, 0.25) is 0 Å². The van der Waals surface area contributed by atoms with E-state index >= 15 is 0 Å². The van der Waals surface area contributed by atoms with Gasteiger partial charge in [0.15, 0.2) is 0 Å². The quantitative estimate of drug-likeness (QED) is 0.666. The SMILES string of the molecule is CCC(CC)C(=O)N1CCC2(CCCN(c3ccnc(C)n3)CCNC(=O)c3ccccc3OC2)CC1. The lowest BCUT2D eigenvalue weighted by Gasteiger charge is -2.43. The second-order valence-electron chi connectivity index (χ2n) is 10.4. The van der Waals surface area contributed by atoms with Gasteiger partial charge in [-0.3, -0.25) is 9.59 Å². The fourth-order valence-electron chi connectivity index (χ4n) is 5.58. The van der Waals surface area contributed by atoms with Crippen molar-refractivity contribution in [3.63, 3.8) is 0 Å². The lowest BCUT2D eigenvalue weighted by Crippen LogP contribution is -2.47. The minimum absolute atomic E-state index is 0.0460. The first-order valence-corrected chi connectivity index (χ1v) is 13.8. The predicted octanol–water partition coefficient (Wildman–Crippen LogP) is 4.24. The molecule has 0 radical (unpaired) electrons. The third-order valence-electron chi connectivity index (χ3n) is 8.02. The number of ether oxygens (including phenoxy) is 1. The Kier molecular flexibility index (Phi) is 9.00. The standard InChI is InChI=1S/C29H41N5O3/c1-4-23(5-2)28(36)34-18-13-29(14-19-34)12-8-17-33(26-11-15-30-22(3)32-26)20-16-31-27(35)24-9-6-7-10-25(24)37-21-29/h6-7,9-11,15,23H,4-5,8,12-14,16-21H2,1-3H3,(H,31,35). The molecule has 0 atom stereocenters. The van der Waals surface area contributed by atoms with Crippen LogP contribution in [0, 0.1) is 18.3 Å². The van der Waals surface area contributed by atoms with Crippen molar-refractivity contribution in [2.75, 3.05) is 44.2 Å². The topological polar surface area (TPSA) is 87.7 Å². The summed E-state index contributed by atoms with van der Waals surface area (Å²) >= 11 is 0. The smallest absolute Gasteiger partial charge is 0.255 e. The van der Waals surface area contributed by atoms with Gasteiger partial charge in [0.05, 0.1) is 12.2 Å². The van der Waals surface area contributed by atoms with Crippen molar-refractivity contribution in [2.45, 2.75) is 59.3 Å². The molecule has 0 bridgehead atoms. The van der Waals surface area contributed by atoms with Crippen LogP contribution < -0.4 is 15.0 Å². The van der Waals surface area contributed by atoms with E-state index in [2.05, 4.69) is 38.9 Å². The molecule has 1 saturated heterocycles. The molecule has 37 heavy (non-hydrogen) atoms. The zero-order chi connectivity index (χ0) is 26.3. The highest BCUT2D eigenvalue weighted by molar-refractivity contribution is 5.96. The number of carbonyl (C=O) groups is 2. The predicted molar refractivity (Wildman–Crippen MR) is 145 cm³/mol. The Morgan fingerprint density at radius 1 is 1.08 bits per heavy atom. The molecule has 8 heteroatoms. The van der Waals surface area contributed by atoms with E-state index < -0.39 is 0 Å². The Labute approximate surface area is 220 Å². The molecule has 1 N–H and O–H groups in total. The van der Waals surface area contributed by atoms with Crippen LogP contribution in [0.4, 0.5) is 5.82 Å². The van der Waals surface area contributed by atoms with Crippen LogP contribution in [0.3, 0.4) is 0 Å². The maximum absolute atomic E-state index is 13.0. The van der Waals surface area contributed by atoms with Gasteiger partial charge in [0, 0.05) is 50.3 Å². The highest BCUT2D eigenvalue weighted by Crippen LogP contribution is 2.38. The van der Waals surface area contributed by atoms with Crippen LogP contribution in [0.15, 0.2) is 36.5 Å². The molecule has 2 aliphatic heterocycles. The summed E-state index contributed by atoms with van der Waals surface area (Å²) in [5, 5.41) is 3.05. The van der Waals surface area contributed by atoms with E-state index in [1.807, 2.05) is 37.3 Å². The summed E-state index contributed by atoms with van der Waals surface area (Å²) in [7, 11) is 0. The van der Waals surface area contributed by atoms with Crippen LogP contribution in [0.1, 0.15) is 68.6 Å². The van der Waals surface area contributed by atoms with Gasteiger partial charge in [-0.2, -0.15) is 0 Å². The summed E-state index contributed by atoms with van der Waals surface area (Å²) in [6.45, 7) is 10.1. The summed E-state index contributed by atoms with van der Waals surface area (Å²) in [6.07, 6.45) is 7.33. The third kappa shape index (κ3) is 6.59. The number of carbonyl (C=O) groups excluding carboxylic acids is 2. The number of fused-ring (bicyclic) bond motifs is 1. The van der Waals surface area contributed by atoms with Crippen LogP contribution >= 0.6 is 0 Å². The highest BCUT2D eigenvalue weighted by Gasteiger charge is 2.38. The van der Waals surface area contributed by atoms with Gasteiger partial charge in [-0.25, -0.2) is 9.97 Å². The normalized spacial score (nSPS) is 18.8. The molecule has 8 nitrogen and oxygen atoms in total. The van der Waals surface area contributed by atoms with Gasteiger partial charge in [-0.05, 0) is 63.6 Å². The Bertz CT molecular complexity index is 1060. The largest absolute Gasteiger partial charge is 0.492 e. The van der Waals surface area contributed by atoms with Gasteiger partial charge in [0.2, 0.25) is 5.91 Å². The van der Waals surface area contributed by atoms with Crippen LogP contribution in [0.5, 0.6) is 5.75 Å². The zero-order valence-corrected chi connectivity index (χ0v) is 22.5. The number of nitrogens with one attached hydrogen (secondary N) is 1. The second kappa shape index (κ2) is 12.4. The molecule has 4 rings (SSSR count). The minimum atomic E-state index is -0.131. The fraction of sp³-hybridized carbons (Fsp3) is 0.586. The van der Waals surface area contributed by atoms with Gasteiger partial charge in [0.1, 0.15) is 17.4 Å². The number of piperidine rings is 1. The molecule has 200 valence electrons. The Morgan fingerprint density at radius 3 is 2.57 bits per heavy atom. The number of para-hydroxylation sites is 1. The van der Waals surface area contributed by atoms with E-state index in [1.165, 1.54) is 0 Å². The van der Waals surface area contributed by atoms with Gasteiger partial charge in [0.25, 0.3) is 5.91 Å². The summed E-state index contributed by atoms with van der Waals surface area (Å²) in [5.41, 5.74) is 0.512. The number of anilines is 1. The molecule has 2 aromatic rings. The Balaban J connectivity index is 1.55. The van der Waals surface area contributed by atoms with Crippen molar-refractivity contribution in [3.05, 3.63) is 47.9 Å². The number of hydrogen-bond donors (Lipinski definition) is 1. The third-order valence-corrected chi connectivity index (χ3v) is 8.02. The fourth-order valence-corrected chi connectivity index (χ4v) is 5.58. The van der Waals surface area contributed by atoms with Crippen LogP contribution in [0.25, 0.3) is 0 Å². The van der Waals surface area contributed by atoms with Gasteiger partial charge >= 0.3 is 0 Å². The summed E-state index contributed by atoms with van der Waals surface area (Å²) < 4.78 is 6.38. The van der Waals surface area contributed by atoms with E-state index in [4.69, 9.17) is 4.74 Å². The highest BCUT2D eigenvalue weighted by atomic mass is 16.5. The lowest BCUT2D eigenvalue weighted by atomic mass is 9.75. The van der Waals surface area contributed by atoms with E-state index in [1.54, 1.807) is 6.20 Å². The molecule has 2 amide bonds. The van der Waals surface area contributed by atoms with Crippen molar-refractivity contribution in [1.29, 1.82) is 0 Å².